The third kappa shape index (κ3) is 3.12. The second-order valence-corrected chi connectivity index (χ2v) is 5.33. The molecule has 2 atom stereocenters. The van der Waals surface area contributed by atoms with Crippen molar-refractivity contribution < 1.29 is 5.11 Å². The molecule has 3 nitrogen and oxygen atoms in total. The number of anilines is 1. The summed E-state index contributed by atoms with van der Waals surface area (Å²) in [5, 5.41) is 10.4. The van der Waals surface area contributed by atoms with E-state index in [0.29, 0.717) is 16.6 Å². The van der Waals surface area contributed by atoms with Gasteiger partial charge in [0.15, 0.2) is 0 Å². The van der Waals surface area contributed by atoms with Crippen LogP contribution >= 0.6 is 11.6 Å². The third-order valence-corrected chi connectivity index (χ3v) is 3.81. The first-order valence-corrected chi connectivity index (χ1v) is 6.38. The SMILES string of the molecule is CC1CCN(Cc2ccc(Cl)c(N)c2)CC1O. The van der Waals surface area contributed by atoms with Crippen LogP contribution in [-0.4, -0.2) is 29.2 Å². The van der Waals surface area contributed by atoms with E-state index in [2.05, 4.69) is 11.8 Å². The van der Waals surface area contributed by atoms with Crippen LogP contribution in [0.1, 0.15) is 18.9 Å². The quantitative estimate of drug-likeness (QED) is 0.795. The van der Waals surface area contributed by atoms with Gasteiger partial charge in [-0.05, 0) is 36.6 Å². The number of aliphatic hydroxyl groups is 1. The van der Waals surface area contributed by atoms with Crippen LogP contribution < -0.4 is 5.73 Å². The van der Waals surface area contributed by atoms with Gasteiger partial charge in [0.05, 0.1) is 16.8 Å². The third-order valence-electron chi connectivity index (χ3n) is 3.47. The summed E-state index contributed by atoms with van der Waals surface area (Å²) in [6.45, 7) is 4.69. The van der Waals surface area contributed by atoms with E-state index in [1.54, 1.807) is 0 Å². The number of rotatable bonds is 2. The highest BCUT2D eigenvalue weighted by Gasteiger charge is 2.24. The smallest absolute Gasteiger partial charge is 0.0693 e. The van der Waals surface area contributed by atoms with E-state index in [-0.39, 0.29) is 6.10 Å². The van der Waals surface area contributed by atoms with Gasteiger partial charge >= 0.3 is 0 Å². The zero-order valence-electron chi connectivity index (χ0n) is 10.1. The summed E-state index contributed by atoms with van der Waals surface area (Å²) in [7, 11) is 0. The molecule has 0 radical (unpaired) electrons. The molecule has 1 aliphatic heterocycles. The molecule has 2 unspecified atom stereocenters. The second kappa shape index (κ2) is 5.25. The van der Waals surface area contributed by atoms with E-state index in [0.717, 1.165) is 31.6 Å². The van der Waals surface area contributed by atoms with Crippen molar-refractivity contribution in [3.05, 3.63) is 28.8 Å². The van der Waals surface area contributed by atoms with Gasteiger partial charge in [0.25, 0.3) is 0 Å². The van der Waals surface area contributed by atoms with Crippen LogP contribution in [0.3, 0.4) is 0 Å². The molecule has 4 heteroatoms. The highest BCUT2D eigenvalue weighted by Crippen LogP contribution is 2.22. The monoisotopic (exact) mass is 254 g/mol. The fourth-order valence-electron chi connectivity index (χ4n) is 2.21. The largest absolute Gasteiger partial charge is 0.398 e. The molecule has 1 aliphatic rings. The number of benzene rings is 1. The van der Waals surface area contributed by atoms with Crippen molar-refractivity contribution in [2.45, 2.75) is 26.0 Å². The topological polar surface area (TPSA) is 49.5 Å². The minimum Gasteiger partial charge on any atom is -0.398 e. The second-order valence-electron chi connectivity index (χ2n) is 4.92. The first kappa shape index (κ1) is 12.7. The van der Waals surface area contributed by atoms with Crippen LogP contribution in [0, 0.1) is 5.92 Å². The molecular formula is C13H19ClN2O. The lowest BCUT2D eigenvalue weighted by molar-refractivity contribution is 0.0259. The predicted octanol–water partition coefficient (Wildman–Crippen LogP) is 2.12. The molecule has 1 aromatic rings. The van der Waals surface area contributed by atoms with Gasteiger partial charge in [-0.15, -0.1) is 0 Å². The number of β-amino-alcohol motifs (C(OH)–C–C–N with tert-alkyl or cyclic N) is 1. The number of nitrogen functional groups attached to an aromatic ring is 1. The van der Waals surface area contributed by atoms with E-state index < -0.39 is 0 Å². The van der Waals surface area contributed by atoms with E-state index in [1.807, 2.05) is 18.2 Å². The van der Waals surface area contributed by atoms with Crippen molar-refractivity contribution in [1.29, 1.82) is 0 Å². The summed E-state index contributed by atoms with van der Waals surface area (Å²) in [6.07, 6.45) is 0.831. The maximum absolute atomic E-state index is 9.84. The molecular weight excluding hydrogens is 236 g/mol. The Balaban J connectivity index is 1.99. The molecule has 17 heavy (non-hydrogen) atoms. The Morgan fingerprint density at radius 1 is 1.53 bits per heavy atom. The molecule has 1 heterocycles. The van der Waals surface area contributed by atoms with Crippen LogP contribution in [0.15, 0.2) is 18.2 Å². The van der Waals surface area contributed by atoms with Crippen LogP contribution in [0.2, 0.25) is 5.02 Å². The van der Waals surface area contributed by atoms with E-state index in [4.69, 9.17) is 17.3 Å². The molecule has 0 aliphatic carbocycles. The van der Waals surface area contributed by atoms with Gasteiger partial charge in [-0.2, -0.15) is 0 Å². The van der Waals surface area contributed by atoms with Crippen molar-refractivity contribution in [1.82, 2.24) is 4.90 Å². The van der Waals surface area contributed by atoms with E-state index in [1.165, 1.54) is 0 Å². The first-order chi connectivity index (χ1) is 8.06. The zero-order chi connectivity index (χ0) is 12.4. The number of hydrogen-bond acceptors (Lipinski definition) is 3. The number of piperidine rings is 1. The Morgan fingerprint density at radius 3 is 2.94 bits per heavy atom. The number of hydrogen-bond donors (Lipinski definition) is 2. The number of nitrogens with two attached hydrogens (primary N) is 1. The maximum atomic E-state index is 9.84. The van der Waals surface area contributed by atoms with Gasteiger partial charge in [0.2, 0.25) is 0 Å². The zero-order valence-corrected chi connectivity index (χ0v) is 10.8. The lowest BCUT2D eigenvalue weighted by Crippen LogP contribution is -2.42. The highest BCUT2D eigenvalue weighted by molar-refractivity contribution is 6.33. The molecule has 2 rings (SSSR count). The average molecular weight is 255 g/mol. The van der Waals surface area contributed by atoms with Crippen molar-refractivity contribution in [3.63, 3.8) is 0 Å². The summed E-state index contributed by atoms with van der Waals surface area (Å²) in [5.41, 5.74) is 7.54. The molecule has 0 bridgehead atoms. The number of aliphatic hydroxyl groups excluding tert-OH is 1. The van der Waals surface area contributed by atoms with Crippen LogP contribution in [0.4, 0.5) is 5.69 Å². The fraction of sp³-hybridized carbons (Fsp3) is 0.538. The Bertz CT molecular complexity index is 397. The van der Waals surface area contributed by atoms with Gasteiger partial charge in [-0.3, -0.25) is 4.90 Å². The minimum atomic E-state index is -0.214. The highest BCUT2D eigenvalue weighted by atomic mass is 35.5. The van der Waals surface area contributed by atoms with Gasteiger partial charge in [-0.1, -0.05) is 24.6 Å². The molecule has 0 amide bonds. The Hall–Kier alpha value is -0.770. The van der Waals surface area contributed by atoms with Crippen molar-refractivity contribution in [2.75, 3.05) is 18.8 Å². The van der Waals surface area contributed by atoms with Crippen LogP contribution in [-0.2, 0) is 6.54 Å². The maximum Gasteiger partial charge on any atom is 0.0693 e. The van der Waals surface area contributed by atoms with Crippen molar-refractivity contribution in [3.8, 4) is 0 Å². The summed E-state index contributed by atoms with van der Waals surface area (Å²) in [5.74, 6) is 0.404. The molecule has 0 saturated carbocycles. The normalized spacial score (nSPS) is 26.1. The molecule has 3 N–H and O–H groups in total. The molecule has 1 saturated heterocycles. The van der Waals surface area contributed by atoms with Crippen LogP contribution in [0.25, 0.3) is 0 Å². The molecule has 94 valence electrons. The Kier molecular flexibility index (Phi) is 3.92. The van der Waals surface area contributed by atoms with Gasteiger partial charge < -0.3 is 10.8 Å². The Morgan fingerprint density at radius 2 is 2.29 bits per heavy atom. The molecule has 0 spiro atoms. The van der Waals surface area contributed by atoms with Crippen molar-refractivity contribution >= 4 is 17.3 Å². The molecule has 0 aromatic heterocycles. The predicted molar refractivity (Wildman–Crippen MR) is 70.9 cm³/mol. The lowest BCUT2D eigenvalue weighted by atomic mass is 9.96. The molecule has 1 aromatic carbocycles. The number of halogens is 1. The van der Waals surface area contributed by atoms with Gasteiger partial charge in [0, 0.05) is 13.1 Å². The lowest BCUT2D eigenvalue weighted by Gasteiger charge is -2.34. The van der Waals surface area contributed by atoms with Crippen LogP contribution in [0.5, 0.6) is 0 Å². The van der Waals surface area contributed by atoms with Gasteiger partial charge in [-0.25, -0.2) is 0 Å². The summed E-state index contributed by atoms with van der Waals surface area (Å²) < 4.78 is 0. The summed E-state index contributed by atoms with van der Waals surface area (Å²) >= 11 is 5.89. The summed E-state index contributed by atoms with van der Waals surface area (Å²) in [6, 6.07) is 5.73. The van der Waals surface area contributed by atoms with E-state index in [9.17, 15) is 5.11 Å². The Labute approximate surface area is 107 Å². The average Bonchev–Trinajstić information content (AvgIpc) is 2.29. The van der Waals surface area contributed by atoms with Crippen molar-refractivity contribution in [2.24, 2.45) is 5.92 Å². The number of likely N-dealkylation sites (tertiary alicyclic amines) is 1. The van der Waals surface area contributed by atoms with E-state index >= 15 is 0 Å². The minimum absolute atomic E-state index is 0.214. The summed E-state index contributed by atoms with van der Waals surface area (Å²) in [4.78, 5) is 2.26. The van der Waals surface area contributed by atoms with Gasteiger partial charge in [0.1, 0.15) is 0 Å². The fourth-order valence-corrected chi connectivity index (χ4v) is 2.33. The number of nitrogens with zero attached hydrogens (tertiary/aromatic N) is 1. The first-order valence-electron chi connectivity index (χ1n) is 6.00. The molecule has 1 fully saturated rings. The standard InChI is InChI=1S/C13H19ClN2O/c1-9-4-5-16(8-13(9)17)7-10-2-3-11(14)12(15)6-10/h2-3,6,9,13,17H,4-5,7-8,15H2,1H3.